The molecule has 1 atom stereocenters. The molecule has 1 rings (SSSR count). The molecule has 0 bridgehead atoms. The van der Waals surface area contributed by atoms with Gasteiger partial charge in [-0.05, 0) is 41.9 Å². The van der Waals surface area contributed by atoms with E-state index < -0.39 is 0 Å². The zero-order valence-electron chi connectivity index (χ0n) is 13.3. The predicted molar refractivity (Wildman–Crippen MR) is 84.0 cm³/mol. The molecular weight excluding hydrogens is 234 g/mol. The van der Waals surface area contributed by atoms with Gasteiger partial charge in [0, 0.05) is 25.9 Å². The van der Waals surface area contributed by atoms with E-state index in [4.69, 9.17) is 0 Å². The van der Waals surface area contributed by atoms with Crippen LogP contribution in [0.25, 0.3) is 0 Å². The van der Waals surface area contributed by atoms with Crippen LogP contribution in [0.15, 0.2) is 18.2 Å². The SMILES string of the molecule is CCC(CO)CN(C)c1ccc(C(C)(C)C)cc1C. The molecule has 19 heavy (non-hydrogen) atoms. The van der Waals surface area contributed by atoms with Crippen molar-refractivity contribution in [1.82, 2.24) is 0 Å². The van der Waals surface area contributed by atoms with E-state index in [0.29, 0.717) is 5.92 Å². The Morgan fingerprint density at radius 2 is 1.89 bits per heavy atom. The lowest BCUT2D eigenvalue weighted by Gasteiger charge is -2.27. The van der Waals surface area contributed by atoms with E-state index in [-0.39, 0.29) is 12.0 Å². The number of hydrogen-bond acceptors (Lipinski definition) is 2. The lowest BCUT2D eigenvalue weighted by Crippen LogP contribution is -2.27. The molecule has 0 aliphatic carbocycles. The van der Waals surface area contributed by atoms with Crippen LogP contribution in [0.1, 0.15) is 45.2 Å². The number of rotatable bonds is 5. The molecule has 0 saturated heterocycles. The normalized spacial score (nSPS) is 13.4. The molecule has 0 aliphatic heterocycles. The average molecular weight is 263 g/mol. The van der Waals surface area contributed by atoms with Gasteiger partial charge in [-0.1, -0.05) is 39.8 Å². The van der Waals surface area contributed by atoms with Gasteiger partial charge in [0.2, 0.25) is 0 Å². The minimum Gasteiger partial charge on any atom is -0.396 e. The van der Waals surface area contributed by atoms with Gasteiger partial charge in [-0.3, -0.25) is 0 Å². The molecule has 1 aromatic rings. The Balaban J connectivity index is 2.90. The third-order valence-corrected chi connectivity index (χ3v) is 3.84. The van der Waals surface area contributed by atoms with Crippen LogP contribution in [0, 0.1) is 12.8 Å². The van der Waals surface area contributed by atoms with E-state index >= 15 is 0 Å². The maximum Gasteiger partial charge on any atom is 0.0476 e. The Kier molecular flexibility index (Phi) is 5.42. The molecule has 0 fully saturated rings. The Hall–Kier alpha value is -1.02. The Bertz CT molecular complexity index is 402. The fourth-order valence-corrected chi connectivity index (χ4v) is 2.35. The third-order valence-electron chi connectivity index (χ3n) is 3.84. The predicted octanol–water partition coefficient (Wildman–Crippen LogP) is 3.75. The number of aliphatic hydroxyl groups excluding tert-OH is 1. The molecule has 0 radical (unpaired) electrons. The Morgan fingerprint density at radius 3 is 2.32 bits per heavy atom. The first-order valence-corrected chi connectivity index (χ1v) is 7.22. The molecule has 2 heteroatoms. The Labute approximate surface area is 118 Å². The van der Waals surface area contributed by atoms with Crippen LogP contribution in [0.5, 0.6) is 0 Å². The molecule has 1 unspecified atom stereocenters. The summed E-state index contributed by atoms with van der Waals surface area (Å²) in [6.45, 7) is 12.2. The van der Waals surface area contributed by atoms with Crippen LogP contribution in [0.3, 0.4) is 0 Å². The molecule has 0 spiro atoms. The fourth-order valence-electron chi connectivity index (χ4n) is 2.35. The second-order valence-electron chi connectivity index (χ2n) is 6.59. The summed E-state index contributed by atoms with van der Waals surface area (Å²) in [5.41, 5.74) is 4.14. The molecule has 0 heterocycles. The summed E-state index contributed by atoms with van der Waals surface area (Å²) < 4.78 is 0. The molecule has 2 nitrogen and oxygen atoms in total. The highest BCUT2D eigenvalue weighted by Gasteiger charge is 2.16. The summed E-state index contributed by atoms with van der Waals surface area (Å²) >= 11 is 0. The number of aliphatic hydroxyl groups is 1. The van der Waals surface area contributed by atoms with Crippen molar-refractivity contribution >= 4 is 5.69 Å². The second kappa shape index (κ2) is 6.42. The highest BCUT2D eigenvalue weighted by molar-refractivity contribution is 5.54. The zero-order chi connectivity index (χ0) is 14.6. The maximum absolute atomic E-state index is 9.32. The summed E-state index contributed by atoms with van der Waals surface area (Å²) in [4.78, 5) is 2.26. The molecule has 1 N–H and O–H groups in total. The highest BCUT2D eigenvalue weighted by Crippen LogP contribution is 2.28. The van der Waals surface area contributed by atoms with E-state index in [1.807, 2.05) is 0 Å². The van der Waals surface area contributed by atoms with Crippen molar-refractivity contribution in [3.05, 3.63) is 29.3 Å². The van der Waals surface area contributed by atoms with E-state index in [2.05, 4.69) is 64.8 Å². The molecule has 0 amide bonds. The van der Waals surface area contributed by atoms with Gasteiger partial charge in [-0.15, -0.1) is 0 Å². The van der Waals surface area contributed by atoms with E-state index in [1.165, 1.54) is 16.8 Å². The van der Waals surface area contributed by atoms with Crippen LogP contribution >= 0.6 is 0 Å². The lowest BCUT2D eigenvalue weighted by atomic mass is 9.86. The van der Waals surface area contributed by atoms with Crippen molar-refractivity contribution in [3.8, 4) is 0 Å². The van der Waals surface area contributed by atoms with Crippen molar-refractivity contribution in [2.75, 3.05) is 25.1 Å². The van der Waals surface area contributed by atoms with Crippen LogP contribution in [-0.4, -0.2) is 25.3 Å². The van der Waals surface area contributed by atoms with Gasteiger partial charge in [0.1, 0.15) is 0 Å². The molecular formula is C17H29NO. The van der Waals surface area contributed by atoms with Crippen molar-refractivity contribution in [3.63, 3.8) is 0 Å². The third kappa shape index (κ3) is 4.24. The number of hydrogen-bond donors (Lipinski definition) is 1. The highest BCUT2D eigenvalue weighted by atomic mass is 16.3. The molecule has 1 aromatic carbocycles. The number of aryl methyl sites for hydroxylation is 1. The van der Waals surface area contributed by atoms with Gasteiger partial charge >= 0.3 is 0 Å². The molecule has 0 saturated carbocycles. The van der Waals surface area contributed by atoms with Crippen molar-refractivity contribution < 1.29 is 5.11 Å². The molecule has 0 aromatic heterocycles. The van der Waals surface area contributed by atoms with Gasteiger partial charge in [-0.2, -0.15) is 0 Å². The summed E-state index contributed by atoms with van der Waals surface area (Å²) in [5.74, 6) is 0.353. The minimum absolute atomic E-state index is 0.193. The smallest absolute Gasteiger partial charge is 0.0476 e. The van der Waals surface area contributed by atoms with Gasteiger partial charge in [0.15, 0.2) is 0 Å². The van der Waals surface area contributed by atoms with Crippen molar-refractivity contribution in [2.45, 2.75) is 46.5 Å². The van der Waals surface area contributed by atoms with Crippen molar-refractivity contribution in [2.24, 2.45) is 5.92 Å². The largest absolute Gasteiger partial charge is 0.396 e. The van der Waals surface area contributed by atoms with E-state index in [0.717, 1.165) is 13.0 Å². The van der Waals surface area contributed by atoms with Crippen LogP contribution in [0.4, 0.5) is 5.69 Å². The number of benzene rings is 1. The molecule has 108 valence electrons. The minimum atomic E-state index is 0.193. The zero-order valence-corrected chi connectivity index (χ0v) is 13.3. The van der Waals surface area contributed by atoms with Gasteiger partial charge in [0.05, 0.1) is 0 Å². The molecule has 0 aliphatic rings. The van der Waals surface area contributed by atoms with Gasteiger partial charge in [-0.25, -0.2) is 0 Å². The first-order chi connectivity index (χ1) is 8.79. The fraction of sp³-hybridized carbons (Fsp3) is 0.647. The van der Waals surface area contributed by atoms with E-state index in [9.17, 15) is 5.11 Å². The topological polar surface area (TPSA) is 23.5 Å². The van der Waals surface area contributed by atoms with Crippen LogP contribution in [-0.2, 0) is 5.41 Å². The maximum atomic E-state index is 9.32. The van der Waals surface area contributed by atoms with Crippen molar-refractivity contribution in [1.29, 1.82) is 0 Å². The average Bonchev–Trinajstić information content (AvgIpc) is 2.34. The summed E-state index contributed by atoms with van der Waals surface area (Å²) in [7, 11) is 2.11. The first kappa shape index (κ1) is 16.0. The summed E-state index contributed by atoms with van der Waals surface area (Å²) in [5, 5.41) is 9.32. The lowest BCUT2D eigenvalue weighted by molar-refractivity contribution is 0.225. The first-order valence-electron chi connectivity index (χ1n) is 7.22. The quantitative estimate of drug-likeness (QED) is 0.874. The Morgan fingerprint density at radius 1 is 1.26 bits per heavy atom. The van der Waals surface area contributed by atoms with Gasteiger partial charge in [0.25, 0.3) is 0 Å². The second-order valence-corrected chi connectivity index (χ2v) is 6.59. The number of anilines is 1. The summed E-state index contributed by atoms with van der Waals surface area (Å²) in [6, 6.07) is 6.71. The van der Waals surface area contributed by atoms with E-state index in [1.54, 1.807) is 0 Å². The standard InChI is InChI=1S/C17H29NO/c1-7-14(12-19)11-18(6)16-9-8-15(10-13(16)2)17(3,4)5/h8-10,14,19H,7,11-12H2,1-6H3. The van der Waals surface area contributed by atoms with Crippen LogP contribution in [0.2, 0.25) is 0 Å². The monoisotopic (exact) mass is 263 g/mol. The number of nitrogens with zero attached hydrogens (tertiary/aromatic N) is 1. The van der Waals surface area contributed by atoms with Gasteiger partial charge < -0.3 is 10.0 Å². The summed E-state index contributed by atoms with van der Waals surface area (Å²) in [6.07, 6.45) is 1.01. The van der Waals surface area contributed by atoms with Crippen LogP contribution < -0.4 is 4.90 Å².